The molecule has 0 saturated heterocycles. The monoisotopic (exact) mass is 357 g/mol. The van der Waals surface area contributed by atoms with E-state index < -0.39 is 0 Å². The second-order valence-corrected chi connectivity index (χ2v) is 6.31. The van der Waals surface area contributed by atoms with Crippen LogP contribution in [0.25, 0.3) is 39.5 Å². The van der Waals surface area contributed by atoms with Gasteiger partial charge in [-0.1, -0.05) is 23.4 Å². The molecule has 0 spiro atoms. The molecule has 1 aromatic carbocycles. The first kappa shape index (κ1) is 15.4. The third-order valence-corrected chi connectivity index (χ3v) is 4.36. The van der Waals surface area contributed by atoms with Gasteiger partial charge in [0.1, 0.15) is 11.5 Å². The largest absolute Gasteiger partial charge is 0.363 e. The maximum Gasteiger partial charge on any atom is 0.259 e. The molecule has 5 aromatic rings. The quantitative estimate of drug-likeness (QED) is 0.490. The molecule has 0 atom stereocenters. The van der Waals surface area contributed by atoms with Gasteiger partial charge in [0.05, 0.1) is 23.5 Å². The Kier molecular flexibility index (Phi) is 3.36. The summed E-state index contributed by atoms with van der Waals surface area (Å²) in [5, 5.41) is 5.12. The summed E-state index contributed by atoms with van der Waals surface area (Å²) < 4.78 is 7.47. The topological polar surface area (TPSA) is 85.2 Å². The minimum Gasteiger partial charge on any atom is -0.363 e. The highest BCUT2D eigenvalue weighted by Crippen LogP contribution is 2.31. The molecule has 27 heavy (non-hydrogen) atoms. The predicted octanol–water partition coefficient (Wildman–Crippen LogP) is 3.06. The molecular formula is C19H15N7O. The second-order valence-electron chi connectivity index (χ2n) is 6.31. The van der Waals surface area contributed by atoms with Crippen molar-refractivity contribution in [2.75, 3.05) is 19.0 Å². The summed E-state index contributed by atoms with van der Waals surface area (Å²) >= 11 is 0. The molecule has 0 N–H and O–H groups in total. The highest BCUT2D eigenvalue weighted by molar-refractivity contribution is 5.94. The molecule has 0 fully saturated rings. The number of hydrogen-bond acceptors (Lipinski definition) is 7. The molecule has 132 valence electrons. The number of benzene rings is 1. The van der Waals surface area contributed by atoms with Crippen LogP contribution in [0.3, 0.4) is 0 Å². The van der Waals surface area contributed by atoms with Crippen LogP contribution >= 0.6 is 0 Å². The number of rotatable bonds is 3. The van der Waals surface area contributed by atoms with Crippen molar-refractivity contribution in [2.24, 2.45) is 0 Å². The normalized spacial score (nSPS) is 11.3. The Morgan fingerprint density at radius 2 is 1.96 bits per heavy atom. The number of para-hydroxylation sites is 1. The van der Waals surface area contributed by atoms with Crippen LogP contribution in [0.1, 0.15) is 0 Å². The van der Waals surface area contributed by atoms with Crippen molar-refractivity contribution in [3.05, 3.63) is 55.1 Å². The van der Waals surface area contributed by atoms with Gasteiger partial charge in [0.2, 0.25) is 5.82 Å². The number of hydrogen-bond donors (Lipinski definition) is 0. The van der Waals surface area contributed by atoms with Gasteiger partial charge in [-0.3, -0.25) is 9.38 Å². The van der Waals surface area contributed by atoms with Crippen molar-refractivity contribution >= 4 is 22.4 Å². The fourth-order valence-corrected chi connectivity index (χ4v) is 3.01. The van der Waals surface area contributed by atoms with Gasteiger partial charge in [0, 0.05) is 31.9 Å². The summed E-state index contributed by atoms with van der Waals surface area (Å²) in [5.41, 5.74) is 3.19. The van der Waals surface area contributed by atoms with Crippen LogP contribution in [-0.2, 0) is 0 Å². The first-order valence-electron chi connectivity index (χ1n) is 8.39. The van der Waals surface area contributed by atoms with Crippen LogP contribution in [0, 0.1) is 0 Å². The van der Waals surface area contributed by atoms with Gasteiger partial charge in [-0.25, -0.2) is 9.97 Å². The molecule has 0 aliphatic carbocycles. The fraction of sp³-hybridized carbons (Fsp3) is 0.105. The molecule has 4 aromatic heterocycles. The van der Waals surface area contributed by atoms with E-state index in [1.807, 2.05) is 59.9 Å². The van der Waals surface area contributed by atoms with Crippen LogP contribution in [-0.4, -0.2) is 43.6 Å². The lowest BCUT2D eigenvalue weighted by Crippen LogP contribution is -2.10. The third-order valence-electron chi connectivity index (χ3n) is 4.36. The average Bonchev–Trinajstić information content (AvgIpc) is 3.34. The summed E-state index contributed by atoms with van der Waals surface area (Å²) in [6.45, 7) is 0. The van der Waals surface area contributed by atoms with Gasteiger partial charge in [0.25, 0.3) is 5.89 Å². The van der Waals surface area contributed by atoms with Gasteiger partial charge in [-0.2, -0.15) is 4.98 Å². The zero-order valence-electron chi connectivity index (χ0n) is 14.7. The van der Waals surface area contributed by atoms with Crippen LogP contribution in [0.15, 0.2) is 59.6 Å². The zero-order chi connectivity index (χ0) is 18.4. The molecule has 8 heteroatoms. The molecule has 0 bridgehead atoms. The van der Waals surface area contributed by atoms with E-state index >= 15 is 0 Å². The molecule has 5 rings (SSSR count). The average molecular weight is 357 g/mol. The fourth-order valence-electron chi connectivity index (χ4n) is 3.01. The van der Waals surface area contributed by atoms with Gasteiger partial charge < -0.3 is 9.42 Å². The summed E-state index contributed by atoms with van der Waals surface area (Å²) in [4.78, 5) is 19.6. The Morgan fingerprint density at radius 3 is 2.85 bits per heavy atom. The van der Waals surface area contributed by atoms with E-state index in [1.54, 1.807) is 18.6 Å². The lowest BCUT2D eigenvalue weighted by Gasteiger charge is -2.13. The van der Waals surface area contributed by atoms with Gasteiger partial charge in [-0.05, 0) is 12.1 Å². The summed E-state index contributed by atoms with van der Waals surface area (Å²) in [7, 11) is 3.90. The molecule has 0 aliphatic rings. The van der Waals surface area contributed by atoms with Crippen LogP contribution < -0.4 is 4.90 Å². The summed E-state index contributed by atoms with van der Waals surface area (Å²) in [6.07, 6.45) is 6.91. The van der Waals surface area contributed by atoms with Crippen molar-refractivity contribution in [2.45, 2.75) is 0 Å². The molecule has 0 saturated carbocycles. The number of pyridine rings is 1. The number of anilines is 1. The highest BCUT2D eigenvalue weighted by atomic mass is 16.5. The van der Waals surface area contributed by atoms with E-state index in [0.717, 1.165) is 33.6 Å². The number of fused-ring (bicyclic) bond motifs is 2. The smallest absolute Gasteiger partial charge is 0.259 e. The van der Waals surface area contributed by atoms with E-state index in [2.05, 4.69) is 25.1 Å². The maximum absolute atomic E-state index is 5.60. The molecule has 0 radical (unpaired) electrons. The SMILES string of the molecule is CN(C)c1cc(-c2nc(-c3cnc4cnccn34)no2)c2ccccc2n1. The Labute approximate surface area is 154 Å². The van der Waals surface area contributed by atoms with E-state index in [-0.39, 0.29) is 0 Å². The van der Waals surface area contributed by atoms with Crippen molar-refractivity contribution < 1.29 is 4.52 Å². The van der Waals surface area contributed by atoms with E-state index in [4.69, 9.17) is 4.52 Å². The summed E-state index contributed by atoms with van der Waals surface area (Å²) in [6, 6.07) is 9.86. The van der Waals surface area contributed by atoms with E-state index in [0.29, 0.717) is 11.7 Å². The van der Waals surface area contributed by atoms with Crippen molar-refractivity contribution in [1.29, 1.82) is 0 Å². The number of aromatic nitrogens is 6. The molecule has 0 aliphatic heterocycles. The van der Waals surface area contributed by atoms with Crippen LogP contribution in [0.4, 0.5) is 5.82 Å². The van der Waals surface area contributed by atoms with Crippen LogP contribution in [0.2, 0.25) is 0 Å². The van der Waals surface area contributed by atoms with Crippen LogP contribution in [0.5, 0.6) is 0 Å². The molecule has 8 nitrogen and oxygen atoms in total. The first-order chi connectivity index (χ1) is 13.2. The minimum absolute atomic E-state index is 0.440. The van der Waals surface area contributed by atoms with E-state index in [1.165, 1.54) is 0 Å². The van der Waals surface area contributed by atoms with E-state index in [9.17, 15) is 0 Å². The van der Waals surface area contributed by atoms with Gasteiger partial charge >= 0.3 is 0 Å². The molecule has 0 amide bonds. The third kappa shape index (κ3) is 2.50. The molecular weight excluding hydrogens is 342 g/mol. The predicted molar refractivity (Wildman–Crippen MR) is 101 cm³/mol. The Balaban J connectivity index is 1.68. The lowest BCUT2D eigenvalue weighted by atomic mass is 10.1. The zero-order valence-corrected chi connectivity index (χ0v) is 14.7. The first-order valence-corrected chi connectivity index (χ1v) is 8.39. The van der Waals surface area contributed by atoms with Crippen molar-refractivity contribution in [1.82, 2.24) is 29.5 Å². The highest BCUT2D eigenvalue weighted by Gasteiger charge is 2.18. The standard InChI is InChI=1S/C19H15N7O/c1-25(2)16-9-13(12-5-3-4-6-14(12)22-16)19-23-18(24-27-19)15-10-21-17-11-20-7-8-26(15)17/h3-11H,1-2H3. The van der Waals surface area contributed by atoms with Gasteiger partial charge in [-0.15, -0.1) is 0 Å². The second kappa shape index (κ2) is 5.87. The number of imidazole rings is 1. The Morgan fingerprint density at radius 1 is 1.07 bits per heavy atom. The summed E-state index contributed by atoms with van der Waals surface area (Å²) in [5.74, 6) is 1.73. The van der Waals surface area contributed by atoms with Crippen molar-refractivity contribution in [3.8, 4) is 23.0 Å². The van der Waals surface area contributed by atoms with Gasteiger partial charge in [0.15, 0.2) is 5.65 Å². The number of nitrogens with zero attached hydrogens (tertiary/aromatic N) is 7. The Bertz CT molecular complexity index is 1270. The minimum atomic E-state index is 0.440. The van der Waals surface area contributed by atoms with Crippen molar-refractivity contribution in [3.63, 3.8) is 0 Å². The Hall–Kier alpha value is -3.81. The molecule has 4 heterocycles. The maximum atomic E-state index is 5.60. The lowest BCUT2D eigenvalue weighted by molar-refractivity contribution is 0.432. The molecule has 0 unspecified atom stereocenters.